The number of rotatable bonds is 3. The van der Waals surface area contributed by atoms with Gasteiger partial charge in [-0.05, 0) is 31.2 Å². The third kappa shape index (κ3) is 3.17. The number of halogens is 1. The van der Waals surface area contributed by atoms with Gasteiger partial charge in [-0.2, -0.15) is 0 Å². The van der Waals surface area contributed by atoms with E-state index in [1.54, 1.807) is 12.1 Å². The highest BCUT2D eigenvalue weighted by Crippen LogP contribution is 2.13. The molecule has 0 saturated carbocycles. The third-order valence-corrected chi connectivity index (χ3v) is 1.69. The van der Waals surface area contributed by atoms with E-state index >= 15 is 0 Å². The maximum atomic E-state index is 12.6. The maximum Gasteiger partial charge on any atom is 0.188 e. The van der Waals surface area contributed by atoms with Gasteiger partial charge in [-0.15, -0.1) is 0 Å². The minimum atomic E-state index is -0.251. The Balaban J connectivity index is 2.78. The minimum Gasteiger partial charge on any atom is -0.481 e. The van der Waals surface area contributed by atoms with Crippen molar-refractivity contribution in [3.63, 3.8) is 0 Å². The molecule has 0 atom stereocenters. The fraction of sp³-hybridized carbons (Fsp3) is 0.364. The second kappa shape index (κ2) is 5.37. The second-order valence-corrected chi connectivity index (χ2v) is 2.77. The molecular formula is C11H14FNO. The zero-order chi connectivity index (χ0) is 10.4. The molecule has 76 valence electrons. The Morgan fingerprint density at radius 2 is 1.93 bits per heavy atom. The molecule has 0 N–H and O–H groups in total. The summed E-state index contributed by atoms with van der Waals surface area (Å²) in [6.07, 6.45) is 0.741. The molecule has 0 aliphatic carbocycles. The van der Waals surface area contributed by atoms with E-state index in [4.69, 9.17) is 4.74 Å². The predicted octanol–water partition coefficient (Wildman–Crippen LogP) is 3.30. The van der Waals surface area contributed by atoms with Gasteiger partial charge >= 0.3 is 0 Å². The maximum absolute atomic E-state index is 12.6. The Bertz CT molecular complexity index is 306. The van der Waals surface area contributed by atoms with Crippen molar-refractivity contribution >= 4 is 11.6 Å². The van der Waals surface area contributed by atoms with Crippen molar-refractivity contribution in [2.75, 3.05) is 6.61 Å². The van der Waals surface area contributed by atoms with E-state index in [-0.39, 0.29) is 5.82 Å². The van der Waals surface area contributed by atoms with Crippen molar-refractivity contribution in [1.29, 1.82) is 0 Å². The van der Waals surface area contributed by atoms with E-state index in [2.05, 4.69) is 4.99 Å². The summed E-state index contributed by atoms with van der Waals surface area (Å²) in [6.45, 7) is 4.49. The lowest BCUT2D eigenvalue weighted by Gasteiger charge is -2.04. The Morgan fingerprint density at radius 3 is 2.43 bits per heavy atom. The molecule has 0 amide bonds. The molecular weight excluding hydrogens is 181 g/mol. The summed E-state index contributed by atoms with van der Waals surface area (Å²) >= 11 is 0. The van der Waals surface area contributed by atoms with Crippen molar-refractivity contribution in [2.24, 2.45) is 4.99 Å². The first kappa shape index (κ1) is 10.7. The van der Waals surface area contributed by atoms with Crippen LogP contribution >= 0.6 is 0 Å². The molecule has 1 aromatic rings. The normalized spacial score (nSPS) is 11.5. The summed E-state index contributed by atoms with van der Waals surface area (Å²) in [7, 11) is 0. The standard InChI is InChI=1S/C11H14FNO/c1-3-11(14-4-2)13-10-7-5-9(12)6-8-10/h5-8H,3-4H2,1-2H3. The monoisotopic (exact) mass is 195 g/mol. The topological polar surface area (TPSA) is 21.6 Å². The molecule has 0 fully saturated rings. The summed E-state index contributed by atoms with van der Waals surface area (Å²) in [6, 6.07) is 6.03. The quantitative estimate of drug-likeness (QED) is 0.535. The number of hydrogen-bond donors (Lipinski definition) is 0. The summed E-state index contributed by atoms with van der Waals surface area (Å²) in [5.74, 6) is 0.428. The largest absolute Gasteiger partial charge is 0.481 e. The van der Waals surface area contributed by atoms with Gasteiger partial charge < -0.3 is 4.74 Å². The van der Waals surface area contributed by atoms with Crippen LogP contribution < -0.4 is 0 Å². The Labute approximate surface area is 83.4 Å². The summed E-state index contributed by atoms with van der Waals surface area (Å²) in [5.41, 5.74) is 0.719. The minimum absolute atomic E-state index is 0.251. The molecule has 0 heterocycles. The Morgan fingerprint density at radius 1 is 1.29 bits per heavy atom. The van der Waals surface area contributed by atoms with Crippen molar-refractivity contribution in [3.8, 4) is 0 Å². The average Bonchev–Trinajstić information content (AvgIpc) is 2.20. The lowest BCUT2D eigenvalue weighted by atomic mass is 10.3. The molecule has 0 aromatic heterocycles. The smallest absolute Gasteiger partial charge is 0.188 e. The summed E-state index contributed by atoms with van der Waals surface area (Å²) in [5, 5.41) is 0. The number of aliphatic imine (C=N–C) groups is 1. The number of hydrogen-bond acceptors (Lipinski definition) is 2. The lowest BCUT2D eigenvalue weighted by molar-refractivity contribution is 0.319. The van der Waals surface area contributed by atoms with Crippen LogP contribution in [0.4, 0.5) is 10.1 Å². The van der Waals surface area contributed by atoms with Gasteiger partial charge in [0.15, 0.2) is 5.90 Å². The predicted molar refractivity (Wildman–Crippen MR) is 55.4 cm³/mol. The van der Waals surface area contributed by atoms with Crippen LogP contribution in [-0.4, -0.2) is 12.5 Å². The van der Waals surface area contributed by atoms with Gasteiger partial charge in [-0.3, -0.25) is 0 Å². The van der Waals surface area contributed by atoms with Crippen LogP contribution in [0.25, 0.3) is 0 Å². The molecule has 0 unspecified atom stereocenters. The zero-order valence-electron chi connectivity index (χ0n) is 8.46. The van der Waals surface area contributed by atoms with Crippen molar-refractivity contribution in [1.82, 2.24) is 0 Å². The highest BCUT2D eigenvalue weighted by molar-refractivity contribution is 5.78. The van der Waals surface area contributed by atoms with E-state index in [9.17, 15) is 4.39 Å². The molecule has 0 bridgehead atoms. The zero-order valence-corrected chi connectivity index (χ0v) is 8.46. The van der Waals surface area contributed by atoms with Gasteiger partial charge in [-0.1, -0.05) is 6.92 Å². The van der Waals surface area contributed by atoms with Crippen LogP contribution in [0.3, 0.4) is 0 Å². The van der Waals surface area contributed by atoms with Crippen molar-refractivity contribution in [2.45, 2.75) is 20.3 Å². The lowest BCUT2D eigenvalue weighted by Crippen LogP contribution is -2.01. The fourth-order valence-electron chi connectivity index (χ4n) is 1.04. The van der Waals surface area contributed by atoms with Crippen LogP contribution in [0.5, 0.6) is 0 Å². The SMILES string of the molecule is CCOC(CC)=Nc1ccc(F)cc1. The summed E-state index contributed by atoms with van der Waals surface area (Å²) < 4.78 is 17.9. The third-order valence-electron chi connectivity index (χ3n) is 1.69. The molecule has 0 spiro atoms. The van der Waals surface area contributed by atoms with Gasteiger partial charge in [0.2, 0.25) is 0 Å². The molecule has 0 aliphatic rings. The van der Waals surface area contributed by atoms with Gasteiger partial charge in [0.25, 0.3) is 0 Å². The van der Waals surface area contributed by atoms with E-state index in [1.807, 2.05) is 13.8 Å². The Hall–Kier alpha value is -1.38. The van der Waals surface area contributed by atoms with Crippen LogP contribution in [0.2, 0.25) is 0 Å². The molecule has 1 rings (SSSR count). The van der Waals surface area contributed by atoms with E-state index < -0.39 is 0 Å². The van der Waals surface area contributed by atoms with Gasteiger partial charge in [0, 0.05) is 6.42 Å². The van der Waals surface area contributed by atoms with Crippen LogP contribution in [0.15, 0.2) is 29.3 Å². The number of nitrogens with zero attached hydrogens (tertiary/aromatic N) is 1. The highest BCUT2D eigenvalue weighted by atomic mass is 19.1. The molecule has 3 heteroatoms. The summed E-state index contributed by atoms with van der Waals surface area (Å²) in [4.78, 5) is 4.24. The first-order valence-electron chi connectivity index (χ1n) is 4.72. The molecule has 14 heavy (non-hydrogen) atoms. The van der Waals surface area contributed by atoms with Gasteiger partial charge in [0.05, 0.1) is 12.3 Å². The molecule has 0 radical (unpaired) electrons. The van der Waals surface area contributed by atoms with Crippen LogP contribution in [0.1, 0.15) is 20.3 Å². The first-order valence-corrected chi connectivity index (χ1v) is 4.72. The van der Waals surface area contributed by atoms with E-state index in [0.717, 1.165) is 12.1 Å². The Kier molecular flexibility index (Phi) is 4.11. The molecule has 0 aliphatic heterocycles. The van der Waals surface area contributed by atoms with Crippen molar-refractivity contribution < 1.29 is 9.13 Å². The second-order valence-electron chi connectivity index (χ2n) is 2.77. The fourth-order valence-corrected chi connectivity index (χ4v) is 1.04. The molecule has 1 aromatic carbocycles. The van der Waals surface area contributed by atoms with Crippen LogP contribution in [-0.2, 0) is 4.74 Å². The molecule has 0 saturated heterocycles. The van der Waals surface area contributed by atoms with E-state index in [1.165, 1.54) is 12.1 Å². The van der Waals surface area contributed by atoms with E-state index in [0.29, 0.717) is 12.5 Å². The van der Waals surface area contributed by atoms with Gasteiger partial charge in [-0.25, -0.2) is 9.38 Å². The molecule has 2 nitrogen and oxygen atoms in total. The average molecular weight is 195 g/mol. The van der Waals surface area contributed by atoms with Crippen molar-refractivity contribution in [3.05, 3.63) is 30.1 Å². The number of ether oxygens (including phenoxy) is 1. The highest BCUT2D eigenvalue weighted by Gasteiger charge is 1.96. The van der Waals surface area contributed by atoms with Gasteiger partial charge in [0.1, 0.15) is 5.82 Å². The number of benzene rings is 1. The van der Waals surface area contributed by atoms with Crippen LogP contribution in [0, 0.1) is 5.82 Å². The first-order chi connectivity index (χ1) is 6.76.